The highest BCUT2D eigenvalue weighted by molar-refractivity contribution is 5.31. The van der Waals surface area contributed by atoms with Crippen molar-refractivity contribution in [3.05, 3.63) is 24.3 Å². The van der Waals surface area contributed by atoms with Crippen LogP contribution in [0.4, 0.5) is 0 Å². The molecule has 0 spiro atoms. The summed E-state index contributed by atoms with van der Waals surface area (Å²) in [6.07, 6.45) is 3.31. The zero-order chi connectivity index (χ0) is 14.4. The maximum Gasteiger partial charge on any atom is 0.119 e. The normalized spacial score (nSPS) is 22.4. The van der Waals surface area contributed by atoms with Crippen molar-refractivity contribution in [3.8, 4) is 11.5 Å². The van der Waals surface area contributed by atoms with Gasteiger partial charge in [-0.25, -0.2) is 0 Å². The number of aliphatic hydroxyl groups is 1. The van der Waals surface area contributed by atoms with Crippen molar-refractivity contribution in [2.45, 2.75) is 38.3 Å². The predicted molar refractivity (Wildman–Crippen MR) is 79.3 cm³/mol. The van der Waals surface area contributed by atoms with E-state index < -0.39 is 6.10 Å². The first-order valence-corrected chi connectivity index (χ1v) is 7.41. The van der Waals surface area contributed by atoms with E-state index in [1.54, 1.807) is 7.11 Å². The largest absolute Gasteiger partial charge is 0.497 e. The van der Waals surface area contributed by atoms with Crippen LogP contribution >= 0.6 is 0 Å². The number of hydrogen-bond donors (Lipinski definition) is 2. The van der Waals surface area contributed by atoms with Gasteiger partial charge in [0.15, 0.2) is 0 Å². The molecule has 2 rings (SSSR count). The van der Waals surface area contributed by atoms with E-state index in [9.17, 15) is 5.11 Å². The van der Waals surface area contributed by atoms with Gasteiger partial charge in [0.1, 0.15) is 24.2 Å². The third-order valence-electron chi connectivity index (χ3n) is 3.70. The molecule has 1 aromatic carbocycles. The van der Waals surface area contributed by atoms with Crippen molar-refractivity contribution in [2.75, 3.05) is 20.3 Å². The fourth-order valence-electron chi connectivity index (χ4n) is 2.40. The number of rotatable bonds is 9. The highest BCUT2D eigenvalue weighted by Gasteiger charge is 2.35. The predicted octanol–water partition coefficient (Wildman–Crippen LogP) is 2.21. The van der Waals surface area contributed by atoms with Crippen LogP contribution in [-0.2, 0) is 0 Å². The molecule has 2 N–H and O–H groups in total. The highest BCUT2D eigenvalue weighted by Crippen LogP contribution is 2.34. The van der Waals surface area contributed by atoms with Crippen molar-refractivity contribution >= 4 is 0 Å². The molecule has 1 aliphatic carbocycles. The molecule has 3 unspecified atom stereocenters. The minimum absolute atomic E-state index is 0.310. The van der Waals surface area contributed by atoms with Gasteiger partial charge in [0, 0.05) is 12.6 Å². The van der Waals surface area contributed by atoms with E-state index in [0.717, 1.165) is 17.4 Å². The molecule has 0 bridgehead atoms. The summed E-state index contributed by atoms with van der Waals surface area (Å²) in [5, 5.41) is 13.3. The van der Waals surface area contributed by atoms with E-state index in [1.807, 2.05) is 24.3 Å². The summed E-state index contributed by atoms with van der Waals surface area (Å²) in [6, 6.07) is 7.98. The van der Waals surface area contributed by atoms with E-state index >= 15 is 0 Å². The van der Waals surface area contributed by atoms with Gasteiger partial charge in [-0.15, -0.1) is 0 Å². The first-order chi connectivity index (χ1) is 9.72. The minimum atomic E-state index is -0.472. The van der Waals surface area contributed by atoms with E-state index in [2.05, 4.69) is 12.2 Å². The van der Waals surface area contributed by atoms with Crippen molar-refractivity contribution in [2.24, 2.45) is 5.92 Å². The molecule has 1 saturated carbocycles. The van der Waals surface area contributed by atoms with Crippen LogP contribution in [0, 0.1) is 5.92 Å². The second kappa shape index (κ2) is 7.50. The summed E-state index contributed by atoms with van der Waals surface area (Å²) < 4.78 is 10.6. The smallest absolute Gasteiger partial charge is 0.119 e. The summed E-state index contributed by atoms with van der Waals surface area (Å²) >= 11 is 0. The third-order valence-corrected chi connectivity index (χ3v) is 3.70. The van der Waals surface area contributed by atoms with Crippen molar-refractivity contribution in [1.82, 2.24) is 5.32 Å². The standard InChI is InChI=1S/C16H25NO3/c1-3-4-12-9-16(12)17-10-13(18)11-20-15-7-5-14(19-2)6-8-15/h5-8,12-13,16-18H,3-4,9-11H2,1-2H3. The average Bonchev–Trinajstić information content (AvgIpc) is 3.22. The molecule has 4 nitrogen and oxygen atoms in total. The van der Waals surface area contributed by atoms with Crippen LogP contribution in [0.5, 0.6) is 11.5 Å². The van der Waals surface area contributed by atoms with E-state index in [4.69, 9.17) is 9.47 Å². The van der Waals surface area contributed by atoms with Crippen LogP contribution in [0.2, 0.25) is 0 Å². The Hall–Kier alpha value is -1.26. The van der Waals surface area contributed by atoms with Crippen LogP contribution in [0.1, 0.15) is 26.2 Å². The van der Waals surface area contributed by atoms with Crippen molar-refractivity contribution in [1.29, 1.82) is 0 Å². The molecule has 0 radical (unpaired) electrons. The molecule has 1 fully saturated rings. The fraction of sp³-hybridized carbons (Fsp3) is 0.625. The lowest BCUT2D eigenvalue weighted by Crippen LogP contribution is -2.33. The molecule has 20 heavy (non-hydrogen) atoms. The van der Waals surface area contributed by atoms with Gasteiger partial charge in [-0.2, -0.15) is 0 Å². The van der Waals surface area contributed by atoms with E-state index in [1.165, 1.54) is 19.3 Å². The molecule has 0 aromatic heterocycles. The number of benzene rings is 1. The lowest BCUT2D eigenvalue weighted by molar-refractivity contribution is 0.105. The van der Waals surface area contributed by atoms with Gasteiger partial charge in [0.25, 0.3) is 0 Å². The quantitative estimate of drug-likeness (QED) is 0.727. The fourth-order valence-corrected chi connectivity index (χ4v) is 2.40. The Kier molecular flexibility index (Phi) is 5.68. The summed E-state index contributed by atoms with van der Waals surface area (Å²) in [7, 11) is 1.63. The second-order valence-corrected chi connectivity index (χ2v) is 5.44. The minimum Gasteiger partial charge on any atom is -0.497 e. The van der Waals surface area contributed by atoms with Gasteiger partial charge < -0.3 is 19.9 Å². The maximum absolute atomic E-state index is 9.89. The number of ether oxygens (including phenoxy) is 2. The van der Waals surface area contributed by atoms with Crippen LogP contribution in [0.3, 0.4) is 0 Å². The van der Waals surface area contributed by atoms with Gasteiger partial charge in [-0.1, -0.05) is 13.3 Å². The Bertz CT molecular complexity index is 393. The van der Waals surface area contributed by atoms with Crippen LogP contribution in [-0.4, -0.2) is 37.5 Å². The Balaban J connectivity index is 1.61. The number of nitrogens with one attached hydrogen (secondary N) is 1. The van der Waals surface area contributed by atoms with Crippen molar-refractivity contribution < 1.29 is 14.6 Å². The zero-order valence-corrected chi connectivity index (χ0v) is 12.3. The number of hydrogen-bond acceptors (Lipinski definition) is 4. The first kappa shape index (κ1) is 15.1. The van der Waals surface area contributed by atoms with E-state index in [0.29, 0.717) is 19.2 Å². The molecule has 4 heteroatoms. The third kappa shape index (κ3) is 4.69. The number of methoxy groups -OCH3 is 1. The second-order valence-electron chi connectivity index (χ2n) is 5.44. The molecule has 112 valence electrons. The molecule has 0 heterocycles. The molecular weight excluding hydrogens is 254 g/mol. The molecule has 1 aromatic rings. The molecule has 1 aliphatic rings. The molecular formula is C16H25NO3. The van der Waals surface area contributed by atoms with Gasteiger partial charge in [0.05, 0.1) is 7.11 Å². The summed E-state index contributed by atoms with van der Waals surface area (Å²) in [5.41, 5.74) is 0. The van der Waals surface area contributed by atoms with Gasteiger partial charge in [0.2, 0.25) is 0 Å². The molecule has 0 aliphatic heterocycles. The monoisotopic (exact) mass is 279 g/mol. The molecule has 0 amide bonds. The Morgan fingerprint density at radius 2 is 2.00 bits per heavy atom. The summed E-state index contributed by atoms with van der Waals surface area (Å²) in [6.45, 7) is 3.12. The summed E-state index contributed by atoms with van der Waals surface area (Å²) in [4.78, 5) is 0. The molecule has 3 atom stereocenters. The number of aliphatic hydroxyl groups excluding tert-OH is 1. The highest BCUT2D eigenvalue weighted by atomic mass is 16.5. The van der Waals surface area contributed by atoms with Gasteiger partial charge in [-0.3, -0.25) is 0 Å². The average molecular weight is 279 g/mol. The topological polar surface area (TPSA) is 50.7 Å². The van der Waals surface area contributed by atoms with Crippen LogP contribution in [0.15, 0.2) is 24.3 Å². The maximum atomic E-state index is 9.89. The Morgan fingerprint density at radius 1 is 1.30 bits per heavy atom. The SMILES string of the molecule is CCCC1CC1NCC(O)COc1ccc(OC)cc1. The molecule has 0 saturated heterocycles. The van der Waals surface area contributed by atoms with Crippen molar-refractivity contribution in [3.63, 3.8) is 0 Å². The van der Waals surface area contributed by atoms with Crippen LogP contribution < -0.4 is 14.8 Å². The Labute approximate surface area is 121 Å². The zero-order valence-electron chi connectivity index (χ0n) is 12.3. The van der Waals surface area contributed by atoms with Crippen LogP contribution in [0.25, 0.3) is 0 Å². The summed E-state index contributed by atoms with van der Waals surface area (Å²) in [5.74, 6) is 2.37. The Morgan fingerprint density at radius 3 is 2.65 bits per heavy atom. The lowest BCUT2D eigenvalue weighted by Gasteiger charge is -2.13. The first-order valence-electron chi connectivity index (χ1n) is 7.41. The van der Waals surface area contributed by atoms with Gasteiger partial charge >= 0.3 is 0 Å². The lowest BCUT2D eigenvalue weighted by atomic mass is 10.2. The van der Waals surface area contributed by atoms with E-state index in [-0.39, 0.29) is 0 Å². The van der Waals surface area contributed by atoms with Gasteiger partial charge in [-0.05, 0) is 43.0 Å².